The van der Waals surface area contributed by atoms with Crippen LogP contribution < -0.4 is 5.32 Å². The molecule has 96 valence electrons. The first kappa shape index (κ1) is 14.0. The predicted octanol–water partition coefficient (Wildman–Crippen LogP) is 2.81. The molecule has 0 aromatic rings. The van der Waals surface area contributed by atoms with Crippen LogP contribution in [0.3, 0.4) is 0 Å². The summed E-state index contributed by atoms with van der Waals surface area (Å²) in [7, 11) is 0. The van der Waals surface area contributed by atoms with Gasteiger partial charge in [0.2, 0.25) is 0 Å². The van der Waals surface area contributed by atoms with Crippen LogP contribution in [-0.4, -0.2) is 23.3 Å². The van der Waals surface area contributed by atoms with E-state index in [-0.39, 0.29) is 0 Å². The summed E-state index contributed by atoms with van der Waals surface area (Å²) in [6.45, 7) is 11.6. The van der Waals surface area contributed by atoms with Gasteiger partial charge in [-0.2, -0.15) is 0 Å². The van der Waals surface area contributed by atoms with Gasteiger partial charge in [-0.3, -0.25) is 0 Å². The van der Waals surface area contributed by atoms with Gasteiger partial charge in [0.1, 0.15) is 0 Å². The minimum Gasteiger partial charge on any atom is -0.389 e. The molecule has 16 heavy (non-hydrogen) atoms. The maximum absolute atomic E-state index is 10.6. The second-order valence-electron chi connectivity index (χ2n) is 6.51. The first-order valence-electron chi connectivity index (χ1n) is 6.77. The molecular formula is C14H29NO. The molecule has 0 heterocycles. The van der Waals surface area contributed by atoms with Crippen LogP contribution in [0.2, 0.25) is 0 Å². The van der Waals surface area contributed by atoms with Gasteiger partial charge in [-0.25, -0.2) is 0 Å². The third-order valence-corrected chi connectivity index (χ3v) is 3.93. The molecule has 2 heteroatoms. The van der Waals surface area contributed by atoms with Gasteiger partial charge in [0.05, 0.1) is 5.60 Å². The maximum atomic E-state index is 10.6. The molecule has 3 atom stereocenters. The van der Waals surface area contributed by atoms with Crippen LogP contribution in [0.15, 0.2) is 0 Å². The largest absolute Gasteiger partial charge is 0.389 e. The molecule has 1 saturated carbocycles. The number of nitrogens with one attached hydrogen (secondary N) is 1. The molecule has 0 aromatic heterocycles. The Balaban J connectivity index is 2.52. The van der Waals surface area contributed by atoms with E-state index in [1.807, 2.05) is 6.92 Å². The zero-order chi connectivity index (χ0) is 12.3. The predicted molar refractivity (Wildman–Crippen MR) is 69.4 cm³/mol. The van der Waals surface area contributed by atoms with Crippen molar-refractivity contribution in [3.63, 3.8) is 0 Å². The summed E-state index contributed by atoms with van der Waals surface area (Å²) < 4.78 is 0. The van der Waals surface area contributed by atoms with Crippen molar-refractivity contribution in [2.75, 3.05) is 6.54 Å². The van der Waals surface area contributed by atoms with E-state index in [1.54, 1.807) is 0 Å². The van der Waals surface area contributed by atoms with Crippen LogP contribution in [0.4, 0.5) is 0 Å². The monoisotopic (exact) mass is 227 g/mol. The number of hydrogen-bond acceptors (Lipinski definition) is 2. The summed E-state index contributed by atoms with van der Waals surface area (Å²) in [5.41, 5.74) is -0.548. The Hall–Kier alpha value is -0.0800. The van der Waals surface area contributed by atoms with Gasteiger partial charge in [0.25, 0.3) is 0 Å². The fraction of sp³-hybridized carbons (Fsp3) is 1.00. The van der Waals surface area contributed by atoms with E-state index in [2.05, 4.69) is 33.0 Å². The quantitative estimate of drug-likeness (QED) is 0.774. The molecule has 1 fully saturated rings. The lowest BCUT2D eigenvalue weighted by atomic mass is 9.70. The molecule has 0 radical (unpaired) electrons. The molecule has 2 nitrogen and oxygen atoms in total. The van der Waals surface area contributed by atoms with Gasteiger partial charge in [-0.05, 0) is 43.9 Å². The Morgan fingerprint density at radius 2 is 1.69 bits per heavy atom. The second kappa shape index (κ2) is 5.50. The number of aliphatic hydroxyl groups is 1. The lowest BCUT2D eigenvalue weighted by molar-refractivity contribution is -0.0332. The highest BCUT2D eigenvalue weighted by molar-refractivity contribution is 4.89. The minimum atomic E-state index is -0.548. The van der Waals surface area contributed by atoms with E-state index in [9.17, 15) is 5.11 Å². The second-order valence-corrected chi connectivity index (χ2v) is 6.51. The molecule has 1 aliphatic carbocycles. The van der Waals surface area contributed by atoms with Gasteiger partial charge in [0.15, 0.2) is 0 Å². The highest BCUT2D eigenvalue weighted by Crippen LogP contribution is 2.38. The third kappa shape index (κ3) is 4.06. The van der Waals surface area contributed by atoms with Crippen LogP contribution in [0.25, 0.3) is 0 Å². The molecule has 0 spiro atoms. The maximum Gasteiger partial charge on any atom is 0.0771 e. The Bertz CT molecular complexity index is 203. The molecule has 1 aliphatic rings. The highest BCUT2D eigenvalue weighted by atomic mass is 16.3. The van der Waals surface area contributed by atoms with Crippen molar-refractivity contribution in [1.29, 1.82) is 0 Å². The number of rotatable bonds is 4. The first-order valence-corrected chi connectivity index (χ1v) is 6.77. The smallest absolute Gasteiger partial charge is 0.0771 e. The summed E-state index contributed by atoms with van der Waals surface area (Å²) in [5, 5.41) is 13.9. The molecule has 1 rings (SSSR count). The molecule has 2 N–H and O–H groups in total. The zero-order valence-electron chi connectivity index (χ0n) is 11.6. The lowest BCUT2D eigenvalue weighted by Crippen LogP contribution is -2.48. The van der Waals surface area contributed by atoms with Crippen LogP contribution in [0.5, 0.6) is 0 Å². The van der Waals surface area contributed by atoms with Crippen LogP contribution in [0, 0.1) is 17.8 Å². The van der Waals surface area contributed by atoms with Crippen molar-refractivity contribution in [2.24, 2.45) is 17.8 Å². The average Bonchev–Trinajstić information content (AvgIpc) is 2.13. The summed E-state index contributed by atoms with van der Waals surface area (Å²) in [6, 6.07) is 0.449. The summed E-state index contributed by atoms with van der Waals surface area (Å²) in [4.78, 5) is 0. The molecule has 3 unspecified atom stereocenters. The van der Waals surface area contributed by atoms with Crippen molar-refractivity contribution in [3.05, 3.63) is 0 Å². The Labute approximate surface area is 101 Å². The third-order valence-electron chi connectivity index (χ3n) is 3.93. The van der Waals surface area contributed by atoms with Gasteiger partial charge in [-0.1, -0.05) is 27.7 Å². The summed E-state index contributed by atoms with van der Waals surface area (Å²) in [6.07, 6.45) is 3.68. The normalized spacial score (nSPS) is 35.1. The van der Waals surface area contributed by atoms with Crippen molar-refractivity contribution >= 4 is 0 Å². The Kier molecular flexibility index (Phi) is 4.81. The molecule has 0 aliphatic heterocycles. The molecule has 0 aromatic carbocycles. The fourth-order valence-electron chi connectivity index (χ4n) is 3.01. The van der Waals surface area contributed by atoms with Crippen molar-refractivity contribution in [3.8, 4) is 0 Å². The minimum absolute atomic E-state index is 0.449. The standard InChI is InChI=1S/C14H29NO/c1-10(2)15-9-14(5,16)13-7-11(3)6-12(4)8-13/h10-13,15-16H,6-9H2,1-5H3. The van der Waals surface area contributed by atoms with Gasteiger partial charge in [-0.15, -0.1) is 0 Å². The van der Waals surface area contributed by atoms with Crippen LogP contribution >= 0.6 is 0 Å². The van der Waals surface area contributed by atoms with Crippen LogP contribution in [0.1, 0.15) is 53.9 Å². The lowest BCUT2D eigenvalue weighted by Gasteiger charge is -2.40. The molecule has 0 bridgehead atoms. The highest BCUT2D eigenvalue weighted by Gasteiger charge is 2.36. The molecule has 0 saturated heterocycles. The van der Waals surface area contributed by atoms with Crippen molar-refractivity contribution in [1.82, 2.24) is 5.32 Å². The average molecular weight is 227 g/mol. The van der Waals surface area contributed by atoms with E-state index in [1.165, 1.54) is 19.3 Å². The van der Waals surface area contributed by atoms with E-state index < -0.39 is 5.60 Å². The molecular weight excluding hydrogens is 198 g/mol. The van der Waals surface area contributed by atoms with E-state index >= 15 is 0 Å². The van der Waals surface area contributed by atoms with Crippen LogP contribution in [-0.2, 0) is 0 Å². The van der Waals surface area contributed by atoms with E-state index in [0.29, 0.717) is 12.0 Å². The zero-order valence-corrected chi connectivity index (χ0v) is 11.6. The number of hydrogen-bond donors (Lipinski definition) is 2. The van der Waals surface area contributed by atoms with E-state index in [4.69, 9.17) is 0 Å². The van der Waals surface area contributed by atoms with Gasteiger partial charge < -0.3 is 10.4 Å². The summed E-state index contributed by atoms with van der Waals surface area (Å²) >= 11 is 0. The summed E-state index contributed by atoms with van der Waals surface area (Å²) in [5.74, 6) is 1.98. The van der Waals surface area contributed by atoms with Gasteiger partial charge in [0, 0.05) is 12.6 Å². The fourth-order valence-corrected chi connectivity index (χ4v) is 3.01. The Morgan fingerprint density at radius 1 is 1.19 bits per heavy atom. The Morgan fingerprint density at radius 3 is 2.12 bits per heavy atom. The van der Waals surface area contributed by atoms with Crippen molar-refractivity contribution < 1.29 is 5.11 Å². The topological polar surface area (TPSA) is 32.3 Å². The first-order chi connectivity index (χ1) is 7.31. The van der Waals surface area contributed by atoms with Gasteiger partial charge >= 0.3 is 0 Å². The van der Waals surface area contributed by atoms with Crippen molar-refractivity contribution in [2.45, 2.75) is 65.5 Å². The SMILES string of the molecule is CC1CC(C)CC(C(C)(O)CNC(C)C)C1. The molecule has 0 amide bonds. The van der Waals surface area contributed by atoms with E-state index in [0.717, 1.165) is 18.4 Å².